The maximum absolute atomic E-state index is 13.8. The molecule has 0 bridgehead atoms. The Morgan fingerprint density at radius 3 is 2.84 bits per heavy atom. The highest BCUT2D eigenvalue weighted by molar-refractivity contribution is 5.93. The molecule has 31 heavy (non-hydrogen) atoms. The molecule has 0 spiro atoms. The molecule has 8 nitrogen and oxygen atoms in total. The highest BCUT2D eigenvalue weighted by Gasteiger charge is 2.47. The largest absolute Gasteiger partial charge is 0.467 e. The summed E-state index contributed by atoms with van der Waals surface area (Å²) in [5.74, 6) is 1.07. The van der Waals surface area contributed by atoms with E-state index in [0.717, 1.165) is 4.68 Å². The fraction of sp³-hybridized carbons (Fsp3) is 0.300. The van der Waals surface area contributed by atoms with Crippen LogP contribution in [0.1, 0.15) is 40.3 Å². The highest BCUT2D eigenvalue weighted by Crippen LogP contribution is 2.45. The number of nitrogens with zero attached hydrogens (tertiary/aromatic N) is 2. The van der Waals surface area contributed by atoms with Gasteiger partial charge in [-0.15, -0.1) is 0 Å². The second-order valence-corrected chi connectivity index (χ2v) is 7.22. The number of furan rings is 1. The minimum absolute atomic E-state index is 0.0747. The summed E-state index contributed by atoms with van der Waals surface area (Å²) in [5, 5.41) is 9.58. The second kappa shape index (κ2) is 7.25. The number of nitrogens with one attached hydrogen (secondary N) is 2. The first-order chi connectivity index (χ1) is 14.9. The number of ether oxygens (including phenoxy) is 2. The number of benzene rings is 1. The summed E-state index contributed by atoms with van der Waals surface area (Å²) in [6.07, 6.45) is -3.37. The van der Waals surface area contributed by atoms with E-state index in [1.165, 1.54) is 12.3 Å². The van der Waals surface area contributed by atoms with Crippen LogP contribution >= 0.6 is 0 Å². The van der Waals surface area contributed by atoms with Crippen molar-refractivity contribution < 1.29 is 31.9 Å². The van der Waals surface area contributed by atoms with Crippen LogP contribution in [-0.4, -0.2) is 28.7 Å². The van der Waals surface area contributed by atoms with Crippen molar-refractivity contribution in [2.24, 2.45) is 0 Å². The van der Waals surface area contributed by atoms with Crippen molar-refractivity contribution in [3.63, 3.8) is 0 Å². The van der Waals surface area contributed by atoms with Crippen LogP contribution in [0.25, 0.3) is 0 Å². The molecule has 4 heterocycles. The molecule has 0 saturated carbocycles. The Morgan fingerprint density at radius 2 is 2.06 bits per heavy atom. The summed E-state index contributed by atoms with van der Waals surface area (Å²) < 4.78 is 58.0. The Labute approximate surface area is 173 Å². The standard InChI is InChI=1S/C20H17F3N4O4/c21-20(22,23)17-7-13(11-3-4-15-16(6-11)31-10-30-15)25-18-8-14(26-27(17)18)19(28)24-9-12-2-1-5-29-12/h1-6,8,13,17,25H,7,9-10H2,(H,24,28). The maximum Gasteiger partial charge on any atom is 0.410 e. The van der Waals surface area contributed by atoms with Gasteiger partial charge in [0.05, 0.1) is 18.8 Å². The zero-order valence-corrected chi connectivity index (χ0v) is 16.0. The van der Waals surface area contributed by atoms with E-state index in [9.17, 15) is 18.0 Å². The molecule has 2 aromatic heterocycles. The minimum atomic E-state index is -4.54. The first kappa shape index (κ1) is 19.3. The Balaban J connectivity index is 1.41. The van der Waals surface area contributed by atoms with Gasteiger partial charge in [-0.25, -0.2) is 4.68 Å². The summed E-state index contributed by atoms with van der Waals surface area (Å²) in [4.78, 5) is 12.4. The third kappa shape index (κ3) is 3.66. The minimum Gasteiger partial charge on any atom is -0.467 e. The molecule has 2 N–H and O–H groups in total. The van der Waals surface area contributed by atoms with E-state index in [1.54, 1.807) is 30.3 Å². The molecular weight excluding hydrogens is 417 g/mol. The van der Waals surface area contributed by atoms with Crippen molar-refractivity contribution in [2.45, 2.75) is 31.2 Å². The average Bonchev–Trinajstić information content (AvgIpc) is 3.50. The number of anilines is 1. The summed E-state index contributed by atoms with van der Waals surface area (Å²) >= 11 is 0. The van der Waals surface area contributed by atoms with Gasteiger partial charge in [-0.2, -0.15) is 18.3 Å². The molecule has 1 amide bonds. The van der Waals surface area contributed by atoms with Gasteiger partial charge in [-0.05, 0) is 29.8 Å². The van der Waals surface area contributed by atoms with Gasteiger partial charge in [-0.1, -0.05) is 6.07 Å². The normalized spacial score (nSPS) is 19.6. The number of halogens is 3. The van der Waals surface area contributed by atoms with Crippen LogP contribution in [0.15, 0.2) is 47.1 Å². The third-order valence-corrected chi connectivity index (χ3v) is 5.22. The molecule has 162 valence electrons. The number of hydrogen-bond donors (Lipinski definition) is 2. The zero-order valence-electron chi connectivity index (χ0n) is 16.0. The van der Waals surface area contributed by atoms with Crippen molar-refractivity contribution in [1.29, 1.82) is 0 Å². The van der Waals surface area contributed by atoms with Gasteiger partial charge in [0.1, 0.15) is 11.6 Å². The first-order valence-electron chi connectivity index (χ1n) is 9.51. The summed E-state index contributed by atoms with van der Waals surface area (Å²) in [6.45, 7) is 0.176. The van der Waals surface area contributed by atoms with Gasteiger partial charge >= 0.3 is 6.18 Å². The molecule has 5 rings (SSSR count). The molecule has 2 aliphatic heterocycles. The van der Waals surface area contributed by atoms with E-state index in [0.29, 0.717) is 22.8 Å². The summed E-state index contributed by atoms with van der Waals surface area (Å²) in [5.41, 5.74) is 0.504. The van der Waals surface area contributed by atoms with Gasteiger partial charge in [0, 0.05) is 12.5 Å². The van der Waals surface area contributed by atoms with Crippen molar-refractivity contribution in [2.75, 3.05) is 12.1 Å². The van der Waals surface area contributed by atoms with Crippen LogP contribution in [0, 0.1) is 0 Å². The predicted octanol–water partition coefficient (Wildman–Crippen LogP) is 3.80. The Bertz CT molecular complexity index is 1110. The number of carbonyl (C=O) groups is 1. The lowest BCUT2D eigenvalue weighted by Crippen LogP contribution is -2.35. The molecule has 2 atom stereocenters. The number of fused-ring (bicyclic) bond motifs is 2. The average molecular weight is 434 g/mol. The number of carbonyl (C=O) groups excluding carboxylic acids is 1. The smallest absolute Gasteiger partial charge is 0.410 e. The maximum atomic E-state index is 13.8. The topological polar surface area (TPSA) is 90.6 Å². The fourth-order valence-electron chi connectivity index (χ4n) is 3.70. The van der Waals surface area contributed by atoms with Gasteiger partial charge in [0.2, 0.25) is 6.79 Å². The van der Waals surface area contributed by atoms with Gasteiger partial charge in [0.15, 0.2) is 23.2 Å². The van der Waals surface area contributed by atoms with Crippen LogP contribution in [0.4, 0.5) is 19.0 Å². The molecule has 11 heteroatoms. The molecule has 0 fully saturated rings. The summed E-state index contributed by atoms with van der Waals surface area (Å²) in [7, 11) is 0. The van der Waals surface area contributed by atoms with E-state index < -0.39 is 24.2 Å². The SMILES string of the molecule is O=C(NCc1ccco1)c1cc2n(n1)C(C(F)(F)F)CC(c1ccc3c(c1)OCO3)N2. The monoisotopic (exact) mass is 434 g/mol. The van der Waals surface area contributed by atoms with Gasteiger partial charge in [-0.3, -0.25) is 4.79 Å². The van der Waals surface area contributed by atoms with Crippen LogP contribution in [-0.2, 0) is 6.54 Å². The second-order valence-electron chi connectivity index (χ2n) is 7.22. The lowest BCUT2D eigenvalue weighted by molar-refractivity contribution is -0.173. The van der Waals surface area contributed by atoms with E-state index in [-0.39, 0.29) is 31.3 Å². The number of amides is 1. The number of aromatic nitrogens is 2. The van der Waals surface area contributed by atoms with Gasteiger partial charge in [0.25, 0.3) is 5.91 Å². The summed E-state index contributed by atoms with van der Waals surface area (Å²) in [6, 6.07) is 7.16. The molecule has 2 aliphatic rings. The molecular formula is C20H17F3N4O4. The predicted molar refractivity (Wildman–Crippen MR) is 101 cm³/mol. The number of hydrogen-bond acceptors (Lipinski definition) is 6. The van der Waals surface area contributed by atoms with Crippen molar-refractivity contribution in [3.05, 3.63) is 59.7 Å². The quantitative estimate of drug-likeness (QED) is 0.649. The Morgan fingerprint density at radius 1 is 1.23 bits per heavy atom. The van der Waals surface area contributed by atoms with Crippen molar-refractivity contribution >= 4 is 11.7 Å². The molecule has 0 radical (unpaired) electrons. The van der Waals surface area contributed by atoms with Crippen LogP contribution in [0.3, 0.4) is 0 Å². The highest BCUT2D eigenvalue weighted by atomic mass is 19.4. The number of alkyl halides is 3. The van der Waals surface area contributed by atoms with Crippen molar-refractivity contribution in [3.8, 4) is 11.5 Å². The van der Waals surface area contributed by atoms with Crippen LogP contribution in [0.5, 0.6) is 11.5 Å². The molecule has 0 aliphatic carbocycles. The molecule has 0 saturated heterocycles. The third-order valence-electron chi connectivity index (χ3n) is 5.22. The van der Waals surface area contributed by atoms with E-state index in [2.05, 4.69) is 15.7 Å². The lowest BCUT2D eigenvalue weighted by atomic mass is 9.96. The van der Waals surface area contributed by atoms with E-state index >= 15 is 0 Å². The van der Waals surface area contributed by atoms with Crippen LogP contribution in [0.2, 0.25) is 0 Å². The molecule has 1 aromatic carbocycles. The van der Waals surface area contributed by atoms with Gasteiger partial charge < -0.3 is 24.5 Å². The first-order valence-corrected chi connectivity index (χ1v) is 9.51. The zero-order chi connectivity index (χ0) is 21.6. The Hall–Kier alpha value is -3.63. The molecule has 3 aromatic rings. The van der Waals surface area contributed by atoms with E-state index in [1.807, 2.05) is 0 Å². The Kier molecular flexibility index (Phi) is 4.53. The van der Waals surface area contributed by atoms with E-state index in [4.69, 9.17) is 13.9 Å². The lowest BCUT2D eigenvalue weighted by Gasteiger charge is -2.33. The van der Waals surface area contributed by atoms with Crippen molar-refractivity contribution in [1.82, 2.24) is 15.1 Å². The van der Waals surface area contributed by atoms with Crippen LogP contribution < -0.4 is 20.1 Å². The number of rotatable bonds is 4. The molecule has 2 unspecified atom stereocenters. The fourth-order valence-corrected chi connectivity index (χ4v) is 3.70.